The predicted octanol–water partition coefficient (Wildman–Crippen LogP) is 7.55. The SMILES string of the molecule is C=C(C)N=C(C)/C(C)=C/C=C(C)/C=C\N(C)C/C=C/COCC1=CC([N+](=O)[O-])=CCC=C1OCCCl.CC. The largest absolute Gasteiger partial charge is 0.492 e. The van der Waals surface area contributed by atoms with Gasteiger partial charge >= 0.3 is 0 Å². The fourth-order valence-corrected chi connectivity index (χ4v) is 3.00. The standard InChI is InChI=1S/C28H38ClN3O4.C2H6/c1-22(2)30-25(5)24(4)13-12-23(3)14-17-31(6)16-7-8-18-35-21-26-20-27(32(33)34)10-9-11-28(26)36-19-15-29;1-2/h7-8,10-14,17,20H,1,9,15-16,18-19,21H2,2-6H3;1-2H3/b8-7+,17-14-,23-12+,24-13+,30-25?;. The number of hydrogen-bond acceptors (Lipinski definition) is 6. The van der Waals surface area contributed by atoms with Gasteiger partial charge in [-0.05, 0) is 69.7 Å². The Balaban J connectivity index is 0.00000667. The molecule has 0 saturated carbocycles. The van der Waals surface area contributed by atoms with Crippen molar-refractivity contribution >= 4 is 17.3 Å². The van der Waals surface area contributed by atoms with Gasteiger partial charge in [0.1, 0.15) is 12.4 Å². The van der Waals surface area contributed by atoms with Gasteiger partial charge in [-0.2, -0.15) is 0 Å². The summed E-state index contributed by atoms with van der Waals surface area (Å²) in [6.45, 7) is 17.4. The highest BCUT2D eigenvalue weighted by molar-refractivity contribution is 6.18. The summed E-state index contributed by atoms with van der Waals surface area (Å²) in [5, 5.41) is 11.2. The molecule has 38 heavy (non-hydrogen) atoms. The Kier molecular flexibility index (Phi) is 19.1. The molecule has 0 bridgehead atoms. The normalized spacial score (nSPS) is 14.8. The smallest absolute Gasteiger partial charge is 0.266 e. The first-order valence-corrected chi connectivity index (χ1v) is 13.3. The number of allylic oxidation sites excluding steroid dienone is 9. The summed E-state index contributed by atoms with van der Waals surface area (Å²) in [6.07, 6.45) is 17.4. The van der Waals surface area contributed by atoms with Gasteiger partial charge in [-0.1, -0.05) is 44.7 Å². The monoisotopic (exact) mass is 545 g/mol. The van der Waals surface area contributed by atoms with Crippen molar-refractivity contribution in [3.05, 3.63) is 105 Å². The van der Waals surface area contributed by atoms with Gasteiger partial charge in [0, 0.05) is 36.7 Å². The van der Waals surface area contributed by atoms with E-state index in [9.17, 15) is 10.1 Å². The maximum Gasteiger partial charge on any atom is 0.266 e. The van der Waals surface area contributed by atoms with E-state index in [-0.39, 0.29) is 12.3 Å². The Hall–Kier alpha value is -3.16. The minimum Gasteiger partial charge on any atom is -0.492 e. The van der Waals surface area contributed by atoms with Crippen molar-refractivity contribution in [3.63, 3.8) is 0 Å². The zero-order chi connectivity index (χ0) is 28.9. The number of aliphatic imine (C=N–C) groups is 1. The molecule has 0 unspecified atom stereocenters. The molecule has 0 amide bonds. The van der Waals surface area contributed by atoms with Crippen LogP contribution in [0.5, 0.6) is 0 Å². The first-order chi connectivity index (χ1) is 18.1. The van der Waals surface area contributed by atoms with Crippen molar-refractivity contribution in [2.75, 3.05) is 39.3 Å². The highest BCUT2D eigenvalue weighted by Crippen LogP contribution is 2.20. The fourth-order valence-electron chi connectivity index (χ4n) is 2.93. The second-order valence-corrected chi connectivity index (χ2v) is 8.71. The van der Waals surface area contributed by atoms with E-state index in [0.29, 0.717) is 43.4 Å². The van der Waals surface area contributed by atoms with E-state index >= 15 is 0 Å². The molecule has 0 N–H and O–H groups in total. The number of rotatable bonds is 15. The predicted molar refractivity (Wildman–Crippen MR) is 161 cm³/mol. The number of alkyl halides is 1. The molecular formula is C30H44ClN3O4. The van der Waals surface area contributed by atoms with Crippen molar-refractivity contribution in [3.8, 4) is 0 Å². The molecular weight excluding hydrogens is 502 g/mol. The Morgan fingerprint density at radius 2 is 1.92 bits per heavy atom. The third-order valence-corrected chi connectivity index (χ3v) is 5.12. The molecule has 0 heterocycles. The van der Waals surface area contributed by atoms with Crippen LogP contribution in [0.15, 0.2) is 100 Å². The maximum absolute atomic E-state index is 11.2. The van der Waals surface area contributed by atoms with Crippen molar-refractivity contribution in [1.29, 1.82) is 0 Å². The summed E-state index contributed by atoms with van der Waals surface area (Å²) in [5.41, 5.74) is 4.63. The second kappa shape index (κ2) is 20.8. The summed E-state index contributed by atoms with van der Waals surface area (Å²) in [7, 11) is 1.99. The first kappa shape index (κ1) is 34.8. The topological polar surface area (TPSA) is 77.2 Å². The molecule has 0 aromatic carbocycles. The Morgan fingerprint density at radius 3 is 2.55 bits per heavy atom. The number of halogens is 1. The molecule has 210 valence electrons. The number of likely N-dealkylation sites (N-methyl/N-ethyl adjacent to an activating group) is 1. The molecule has 0 atom stereocenters. The molecule has 1 rings (SSSR count). The number of nitrogens with zero attached hydrogens (tertiary/aromatic N) is 3. The summed E-state index contributed by atoms with van der Waals surface area (Å²) in [6, 6.07) is 0. The van der Waals surface area contributed by atoms with Crippen molar-refractivity contribution in [2.45, 2.75) is 48.0 Å². The quantitative estimate of drug-likeness (QED) is 0.0404. The Labute approximate surface area is 234 Å². The molecule has 0 aromatic rings. The van der Waals surface area contributed by atoms with Crippen LogP contribution in [-0.4, -0.2) is 54.8 Å². The van der Waals surface area contributed by atoms with Crippen LogP contribution in [0.3, 0.4) is 0 Å². The van der Waals surface area contributed by atoms with E-state index in [1.165, 1.54) is 6.08 Å². The maximum atomic E-state index is 11.2. The summed E-state index contributed by atoms with van der Waals surface area (Å²) < 4.78 is 11.4. The summed E-state index contributed by atoms with van der Waals surface area (Å²) in [5.74, 6) is 0.908. The molecule has 0 spiro atoms. The van der Waals surface area contributed by atoms with E-state index < -0.39 is 4.92 Å². The number of nitro groups is 1. The number of ether oxygens (including phenoxy) is 2. The minimum atomic E-state index is -0.408. The molecule has 1 aliphatic rings. The molecule has 1 aliphatic carbocycles. The summed E-state index contributed by atoms with van der Waals surface area (Å²) in [4.78, 5) is 17.2. The lowest BCUT2D eigenvalue weighted by Crippen LogP contribution is -2.10. The lowest BCUT2D eigenvalue weighted by Gasteiger charge is -2.13. The van der Waals surface area contributed by atoms with Gasteiger partial charge in [-0.15, -0.1) is 11.6 Å². The van der Waals surface area contributed by atoms with E-state index in [1.54, 1.807) is 12.2 Å². The number of hydrogen-bond donors (Lipinski definition) is 0. The van der Waals surface area contributed by atoms with Gasteiger partial charge in [-0.25, -0.2) is 0 Å². The molecule has 0 aliphatic heterocycles. The highest BCUT2D eigenvalue weighted by atomic mass is 35.5. The molecule has 7 nitrogen and oxygen atoms in total. The van der Waals surface area contributed by atoms with Gasteiger partial charge < -0.3 is 14.4 Å². The van der Waals surface area contributed by atoms with E-state index in [4.69, 9.17) is 21.1 Å². The van der Waals surface area contributed by atoms with E-state index in [1.807, 2.05) is 79.1 Å². The van der Waals surface area contributed by atoms with Crippen LogP contribution in [0.2, 0.25) is 0 Å². The van der Waals surface area contributed by atoms with Gasteiger partial charge in [-0.3, -0.25) is 15.1 Å². The van der Waals surface area contributed by atoms with Gasteiger partial charge in [0.2, 0.25) is 0 Å². The van der Waals surface area contributed by atoms with Crippen LogP contribution < -0.4 is 0 Å². The van der Waals surface area contributed by atoms with Crippen LogP contribution in [0, 0.1) is 10.1 Å². The van der Waals surface area contributed by atoms with Crippen LogP contribution in [0.1, 0.15) is 48.0 Å². The van der Waals surface area contributed by atoms with Crippen LogP contribution in [0.25, 0.3) is 0 Å². The van der Waals surface area contributed by atoms with Crippen LogP contribution >= 0.6 is 11.6 Å². The van der Waals surface area contributed by atoms with Crippen molar-refractivity contribution < 1.29 is 14.4 Å². The lowest BCUT2D eigenvalue weighted by atomic mass is 10.1. The van der Waals surface area contributed by atoms with Crippen LogP contribution in [0.4, 0.5) is 0 Å². The third kappa shape index (κ3) is 15.8. The summed E-state index contributed by atoms with van der Waals surface area (Å²) >= 11 is 5.71. The Bertz CT molecular complexity index is 1010. The van der Waals surface area contributed by atoms with Crippen molar-refractivity contribution in [1.82, 2.24) is 4.90 Å². The van der Waals surface area contributed by atoms with Gasteiger partial charge in [0.05, 0.1) is 24.0 Å². The fraction of sp³-hybridized carbons (Fsp3) is 0.433. The zero-order valence-corrected chi connectivity index (χ0v) is 24.8. The van der Waals surface area contributed by atoms with E-state index in [0.717, 1.165) is 22.6 Å². The first-order valence-electron chi connectivity index (χ1n) is 12.8. The molecule has 0 aromatic heterocycles. The third-order valence-electron chi connectivity index (χ3n) is 4.96. The van der Waals surface area contributed by atoms with Crippen LogP contribution in [-0.2, 0) is 9.47 Å². The van der Waals surface area contributed by atoms with Gasteiger partial charge in [0.15, 0.2) is 0 Å². The minimum absolute atomic E-state index is 0.0309. The Morgan fingerprint density at radius 1 is 1.21 bits per heavy atom. The highest BCUT2D eigenvalue weighted by Gasteiger charge is 2.16. The van der Waals surface area contributed by atoms with Gasteiger partial charge in [0.25, 0.3) is 5.70 Å². The lowest BCUT2D eigenvalue weighted by molar-refractivity contribution is -0.419. The molecule has 0 radical (unpaired) electrons. The van der Waals surface area contributed by atoms with E-state index in [2.05, 4.69) is 22.5 Å². The van der Waals surface area contributed by atoms with Crippen molar-refractivity contribution in [2.24, 2.45) is 4.99 Å². The molecule has 8 heteroatoms. The average Bonchev–Trinajstić information content (AvgIpc) is 3.09. The second-order valence-electron chi connectivity index (χ2n) is 8.33. The zero-order valence-electron chi connectivity index (χ0n) is 24.0. The molecule has 0 saturated heterocycles. The molecule has 0 fully saturated rings. The average molecular weight is 546 g/mol.